The number of hydrogen-bond donors (Lipinski definition) is 0. The summed E-state index contributed by atoms with van der Waals surface area (Å²) in [6.07, 6.45) is 5.46. The number of carbonyl (C=O) groups excluding carboxylic acids is 1. The fourth-order valence-electron chi connectivity index (χ4n) is 3.56. The second kappa shape index (κ2) is 7.08. The molecule has 1 amide bonds. The maximum absolute atomic E-state index is 12.2. The number of carbonyl (C=O) groups is 1. The van der Waals surface area contributed by atoms with Crippen LogP contribution in [0.5, 0.6) is 0 Å². The topological polar surface area (TPSA) is 23.6 Å². The van der Waals surface area contributed by atoms with Crippen molar-refractivity contribution in [1.29, 1.82) is 0 Å². The summed E-state index contributed by atoms with van der Waals surface area (Å²) in [7, 11) is 0. The monoisotopic (exact) mass is 286 g/mol. The Balaban J connectivity index is 1.40. The summed E-state index contributed by atoms with van der Waals surface area (Å²) < 4.78 is 0. The smallest absolute Gasteiger partial charge is 0.222 e. The first-order chi connectivity index (χ1) is 10.3. The second-order valence-electron chi connectivity index (χ2n) is 6.48. The molecule has 2 fully saturated rings. The van der Waals surface area contributed by atoms with Crippen molar-refractivity contribution in [3.05, 3.63) is 35.9 Å². The molecular formula is C18H26N2O. The molecule has 0 aliphatic carbocycles. The van der Waals surface area contributed by atoms with Crippen LogP contribution < -0.4 is 0 Å². The molecule has 3 heteroatoms. The highest BCUT2D eigenvalue weighted by atomic mass is 16.2. The highest BCUT2D eigenvalue weighted by Gasteiger charge is 2.27. The van der Waals surface area contributed by atoms with Gasteiger partial charge in [0.1, 0.15) is 0 Å². The van der Waals surface area contributed by atoms with Crippen molar-refractivity contribution in [3.8, 4) is 0 Å². The average Bonchev–Trinajstić information content (AvgIpc) is 3.18. The minimum Gasteiger partial charge on any atom is -0.343 e. The molecule has 2 aliphatic heterocycles. The number of amides is 1. The van der Waals surface area contributed by atoms with E-state index in [9.17, 15) is 4.79 Å². The van der Waals surface area contributed by atoms with E-state index in [1.165, 1.54) is 24.8 Å². The van der Waals surface area contributed by atoms with Gasteiger partial charge in [-0.05, 0) is 43.7 Å². The fraction of sp³-hybridized carbons (Fsp3) is 0.611. The maximum atomic E-state index is 12.2. The average molecular weight is 286 g/mol. The van der Waals surface area contributed by atoms with Crippen LogP contribution in [-0.2, 0) is 11.2 Å². The minimum absolute atomic E-state index is 0.391. The molecule has 3 nitrogen and oxygen atoms in total. The summed E-state index contributed by atoms with van der Waals surface area (Å²) in [5, 5.41) is 0. The predicted octanol–water partition coefficient (Wildman–Crippen LogP) is 2.56. The fourth-order valence-corrected chi connectivity index (χ4v) is 3.56. The predicted molar refractivity (Wildman–Crippen MR) is 85.1 cm³/mol. The Morgan fingerprint density at radius 3 is 2.62 bits per heavy atom. The molecule has 1 atom stereocenters. The van der Waals surface area contributed by atoms with E-state index < -0.39 is 0 Å². The first-order valence-corrected chi connectivity index (χ1v) is 8.35. The lowest BCUT2D eigenvalue weighted by Gasteiger charge is -2.19. The molecule has 3 rings (SSSR count). The molecule has 21 heavy (non-hydrogen) atoms. The van der Waals surface area contributed by atoms with Crippen LogP contribution in [0.15, 0.2) is 30.3 Å². The van der Waals surface area contributed by atoms with Crippen molar-refractivity contribution in [2.75, 3.05) is 32.7 Å². The number of rotatable bonds is 5. The standard InChI is InChI=1S/C18H26N2O/c21-18(20-10-4-5-11-20)14-17-9-13-19(15-17)12-8-16-6-2-1-3-7-16/h1-3,6-7,17H,4-5,8-15H2. The zero-order valence-electron chi connectivity index (χ0n) is 12.8. The second-order valence-corrected chi connectivity index (χ2v) is 6.48. The van der Waals surface area contributed by atoms with E-state index in [1.807, 2.05) is 0 Å². The van der Waals surface area contributed by atoms with E-state index in [0.29, 0.717) is 11.8 Å². The summed E-state index contributed by atoms with van der Waals surface area (Å²) in [4.78, 5) is 16.8. The Kier molecular flexibility index (Phi) is 4.91. The lowest BCUT2D eigenvalue weighted by molar-refractivity contribution is -0.131. The van der Waals surface area contributed by atoms with E-state index in [1.54, 1.807) is 0 Å². The van der Waals surface area contributed by atoms with Crippen LogP contribution in [0, 0.1) is 5.92 Å². The molecule has 1 unspecified atom stereocenters. The molecule has 2 saturated heterocycles. The molecule has 1 aromatic rings. The van der Waals surface area contributed by atoms with E-state index in [4.69, 9.17) is 0 Å². The van der Waals surface area contributed by atoms with Crippen molar-refractivity contribution >= 4 is 5.91 Å². The van der Waals surface area contributed by atoms with Crippen molar-refractivity contribution < 1.29 is 4.79 Å². The lowest BCUT2D eigenvalue weighted by Crippen LogP contribution is -2.30. The van der Waals surface area contributed by atoms with Gasteiger partial charge in [0.2, 0.25) is 5.91 Å². The van der Waals surface area contributed by atoms with E-state index in [-0.39, 0.29) is 0 Å². The normalized spacial score (nSPS) is 22.9. The van der Waals surface area contributed by atoms with Gasteiger partial charge in [-0.25, -0.2) is 0 Å². The summed E-state index contributed by atoms with van der Waals surface area (Å²) in [6, 6.07) is 10.7. The Bertz CT molecular complexity index is 454. The molecule has 0 radical (unpaired) electrons. The molecule has 0 spiro atoms. The largest absolute Gasteiger partial charge is 0.343 e. The van der Waals surface area contributed by atoms with Crippen LogP contribution in [0.2, 0.25) is 0 Å². The Morgan fingerprint density at radius 2 is 1.86 bits per heavy atom. The first-order valence-electron chi connectivity index (χ1n) is 8.35. The van der Waals surface area contributed by atoms with E-state index in [0.717, 1.165) is 45.6 Å². The molecule has 0 bridgehead atoms. The first kappa shape index (κ1) is 14.6. The van der Waals surface area contributed by atoms with Gasteiger partial charge in [0, 0.05) is 32.6 Å². The van der Waals surface area contributed by atoms with Gasteiger partial charge in [0.25, 0.3) is 0 Å². The van der Waals surface area contributed by atoms with Crippen molar-refractivity contribution in [2.45, 2.75) is 32.1 Å². The number of nitrogens with zero attached hydrogens (tertiary/aromatic N) is 2. The molecule has 114 valence electrons. The zero-order chi connectivity index (χ0) is 14.5. The van der Waals surface area contributed by atoms with Gasteiger partial charge >= 0.3 is 0 Å². The van der Waals surface area contributed by atoms with Crippen molar-refractivity contribution in [1.82, 2.24) is 9.80 Å². The number of likely N-dealkylation sites (tertiary alicyclic amines) is 2. The number of hydrogen-bond acceptors (Lipinski definition) is 2. The van der Waals surface area contributed by atoms with Gasteiger partial charge < -0.3 is 9.80 Å². The molecule has 0 N–H and O–H groups in total. The lowest BCUT2D eigenvalue weighted by atomic mass is 10.0. The van der Waals surface area contributed by atoms with Gasteiger partial charge in [-0.1, -0.05) is 30.3 Å². The summed E-state index contributed by atoms with van der Waals surface area (Å²) in [5.74, 6) is 0.969. The van der Waals surface area contributed by atoms with Crippen LogP contribution in [0.3, 0.4) is 0 Å². The van der Waals surface area contributed by atoms with E-state index in [2.05, 4.69) is 40.1 Å². The zero-order valence-corrected chi connectivity index (χ0v) is 12.8. The molecule has 0 aromatic heterocycles. The highest BCUT2D eigenvalue weighted by Crippen LogP contribution is 2.22. The molecule has 2 aliphatic rings. The molecule has 2 heterocycles. The quantitative estimate of drug-likeness (QED) is 0.830. The van der Waals surface area contributed by atoms with Crippen LogP contribution in [0.4, 0.5) is 0 Å². The molecule has 1 aromatic carbocycles. The highest BCUT2D eigenvalue weighted by molar-refractivity contribution is 5.76. The maximum Gasteiger partial charge on any atom is 0.222 e. The third-order valence-electron chi connectivity index (χ3n) is 4.85. The van der Waals surface area contributed by atoms with Crippen LogP contribution >= 0.6 is 0 Å². The van der Waals surface area contributed by atoms with Gasteiger partial charge in [-0.3, -0.25) is 4.79 Å². The minimum atomic E-state index is 0.391. The van der Waals surface area contributed by atoms with Gasteiger partial charge in [-0.15, -0.1) is 0 Å². The summed E-state index contributed by atoms with van der Waals surface area (Å²) in [5.41, 5.74) is 1.41. The van der Waals surface area contributed by atoms with Gasteiger partial charge in [0.15, 0.2) is 0 Å². The number of benzene rings is 1. The molecular weight excluding hydrogens is 260 g/mol. The third-order valence-corrected chi connectivity index (χ3v) is 4.85. The Labute approximate surface area is 127 Å². The van der Waals surface area contributed by atoms with Gasteiger partial charge in [-0.2, -0.15) is 0 Å². The van der Waals surface area contributed by atoms with E-state index >= 15 is 0 Å². The summed E-state index contributed by atoms with van der Waals surface area (Å²) >= 11 is 0. The SMILES string of the molecule is O=C(CC1CCN(CCc2ccccc2)C1)N1CCCC1. The van der Waals surface area contributed by atoms with Crippen LogP contribution in [-0.4, -0.2) is 48.4 Å². The molecule has 0 saturated carbocycles. The third kappa shape index (κ3) is 4.07. The Hall–Kier alpha value is -1.35. The van der Waals surface area contributed by atoms with Crippen LogP contribution in [0.1, 0.15) is 31.2 Å². The van der Waals surface area contributed by atoms with Gasteiger partial charge in [0.05, 0.1) is 0 Å². The van der Waals surface area contributed by atoms with Crippen molar-refractivity contribution in [3.63, 3.8) is 0 Å². The van der Waals surface area contributed by atoms with Crippen LogP contribution in [0.25, 0.3) is 0 Å². The summed E-state index contributed by atoms with van der Waals surface area (Å²) in [6.45, 7) is 5.36. The van der Waals surface area contributed by atoms with Crippen molar-refractivity contribution in [2.24, 2.45) is 5.92 Å². The Morgan fingerprint density at radius 1 is 1.10 bits per heavy atom.